The van der Waals surface area contributed by atoms with Crippen LogP contribution in [0.25, 0.3) is 11.1 Å². The lowest BCUT2D eigenvalue weighted by molar-refractivity contribution is -0.914. The lowest BCUT2D eigenvalue weighted by Gasteiger charge is -2.40. The van der Waals surface area contributed by atoms with Crippen molar-refractivity contribution >= 4 is 5.97 Å². The molecule has 164 valence electrons. The summed E-state index contributed by atoms with van der Waals surface area (Å²) in [5.74, 6) is 0.287. The Kier molecular flexibility index (Phi) is 5.27. The van der Waals surface area contributed by atoms with Crippen LogP contribution < -0.4 is 0 Å². The summed E-state index contributed by atoms with van der Waals surface area (Å²) in [6.45, 7) is 2.78. The number of carbonyl (C=O) groups excluding carboxylic acids is 1. The summed E-state index contributed by atoms with van der Waals surface area (Å²) in [6, 6.07) is 16.9. The number of hydrogen-bond donors (Lipinski definition) is 1. The predicted molar refractivity (Wildman–Crippen MR) is 121 cm³/mol. The Morgan fingerprint density at radius 2 is 1.56 bits per heavy atom. The molecule has 32 heavy (non-hydrogen) atoms. The van der Waals surface area contributed by atoms with Crippen LogP contribution in [0.5, 0.6) is 0 Å². The molecule has 0 bridgehead atoms. The van der Waals surface area contributed by atoms with E-state index in [9.17, 15) is 9.90 Å². The van der Waals surface area contributed by atoms with E-state index in [0.717, 1.165) is 60.3 Å². The molecule has 2 aliphatic rings. The van der Waals surface area contributed by atoms with Crippen LogP contribution >= 0.6 is 0 Å². The molecule has 1 aromatic heterocycles. The van der Waals surface area contributed by atoms with Crippen molar-refractivity contribution in [2.45, 2.75) is 31.0 Å². The molecule has 0 saturated carbocycles. The van der Waals surface area contributed by atoms with Crippen LogP contribution in [0, 0.1) is 0 Å². The minimum atomic E-state index is -1.76. The molecule has 1 N–H and O–H groups in total. The molecule has 6 heteroatoms. The highest BCUT2D eigenvalue weighted by atomic mass is 16.6. The molecule has 5 rings (SSSR count). The summed E-state index contributed by atoms with van der Waals surface area (Å²) < 4.78 is 6.83. The number of piperidine rings is 1. The predicted octanol–water partition coefficient (Wildman–Crippen LogP) is 3.09. The van der Waals surface area contributed by atoms with E-state index in [1.807, 2.05) is 54.6 Å². The van der Waals surface area contributed by atoms with E-state index < -0.39 is 11.6 Å². The first-order chi connectivity index (χ1) is 15.5. The summed E-state index contributed by atoms with van der Waals surface area (Å²) in [4.78, 5) is 22.0. The van der Waals surface area contributed by atoms with Gasteiger partial charge in [0.05, 0.1) is 33.1 Å². The number of rotatable bonds is 5. The number of fused-ring (bicyclic) bond motifs is 3. The Labute approximate surface area is 188 Å². The standard InChI is InChI=1S/C26H28N3O3/c1-29(18-13-24-27-14-6-15-28-24)16-11-19(12-17-29)32-25(30)26(31)22-9-4-2-7-20(22)21-8-3-5-10-23(21)26/h2-10,14-15,19,31H,11-13,16-18H2,1H3/q+1. The lowest BCUT2D eigenvalue weighted by Crippen LogP contribution is -2.53. The summed E-state index contributed by atoms with van der Waals surface area (Å²) in [5.41, 5.74) is 1.22. The molecule has 1 aliphatic heterocycles. The number of esters is 1. The van der Waals surface area contributed by atoms with Crippen molar-refractivity contribution in [1.29, 1.82) is 0 Å². The summed E-state index contributed by atoms with van der Waals surface area (Å²) in [5, 5.41) is 11.6. The van der Waals surface area contributed by atoms with Crippen LogP contribution in [0.2, 0.25) is 0 Å². The molecule has 0 atom stereocenters. The van der Waals surface area contributed by atoms with E-state index in [1.54, 1.807) is 12.4 Å². The molecule has 6 nitrogen and oxygen atoms in total. The number of nitrogens with zero attached hydrogens (tertiary/aromatic N) is 3. The van der Waals surface area contributed by atoms with Crippen molar-refractivity contribution in [3.63, 3.8) is 0 Å². The highest BCUT2D eigenvalue weighted by Gasteiger charge is 2.50. The quantitative estimate of drug-likeness (QED) is 0.498. The second-order valence-corrected chi connectivity index (χ2v) is 9.11. The Balaban J connectivity index is 1.26. The molecule has 2 heterocycles. The van der Waals surface area contributed by atoms with E-state index in [0.29, 0.717) is 11.1 Å². The van der Waals surface area contributed by atoms with Gasteiger partial charge in [-0.15, -0.1) is 0 Å². The van der Waals surface area contributed by atoms with Gasteiger partial charge in [-0.05, 0) is 17.2 Å². The third-order valence-corrected chi connectivity index (χ3v) is 6.97. The Hall–Kier alpha value is -3.09. The van der Waals surface area contributed by atoms with Crippen LogP contribution in [-0.4, -0.2) is 58.3 Å². The van der Waals surface area contributed by atoms with Crippen LogP contribution in [0.1, 0.15) is 29.8 Å². The second-order valence-electron chi connectivity index (χ2n) is 9.11. The molecule has 0 radical (unpaired) electrons. The van der Waals surface area contributed by atoms with Gasteiger partial charge >= 0.3 is 5.97 Å². The largest absolute Gasteiger partial charge is 0.459 e. The minimum absolute atomic E-state index is 0.189. The van der Waals surface area contributed by atoms with Gasteiger partial charge in [0.2, 0.25) is 5.60 Å². The molecule has 1 aliphatic carbocycles. The van der Waals surface area contributed by atoms with Crippen LogP contribution in [-0.2, 0) is 21.6 Å². The molecule has 0 unspecified atom stereocenters. The number of carbonyl (C=O) groups is 1. The normalized spacial score (nSPS) is 23.2. The topological polar surface area (TPSA) is 72.3 Å². The molecular formula is C26H28N3O3+. The highest BCUT2D eigenvalue weighted by molar-refractivity contribution is 5.96. The van der Waals surface area contributed by atoms with E-state index in [2.05, 4.69) is 17.0 Å². The maximum Gasteiger partial charge on any atom is 0.348 e. The highest BCUT2D eigenvalue weighted by Crippen LogP contribution is 2.48. The van der Waals surface area contributed by atoms with Gasteiger partial charge in [0.15, 0.2) is 0 Å². The first kappa shape index (κ1) is 20.8. The number of likely N-dealkylation sites (tertiary alicyclic amines) is 1. The van der Waals surface area contributed by atoms with Gasteiger partial charge in [-0.1, -0.05) is 48.5 Å². The van der Waals surface area contributed by atoms with E-state index in [1.165, 1.54) is 0 Å². The van der Waals surface area contributed by atoms with Gasteiger partial charge in [0, 0.05) is 36.4 Å². The Morgan fingerprint density at radius 1 is 1.00 bits per heavy atom. The fourth-order valence-corrected chi connectivity index (χ4v) is 5.01. The Morgan fingerprint density at radius 3 is 2.16 bits per heavy atom. The fraction of sp³-hybridized carbons (Fsp3) is 0.346. The summed E-state index contributed by atoms with van der Waals surface area (Å²) in [6.07, 6.45) is 5.74. The number of likely N-dealkylation sites (N-methyl/N-ethyl adjacent to an activating group) is 1. The third-order valence-electron chi connectivity index (χ3n) is 6.97. The second kappa shape index (κ2) is 8.11. The number of ether oxygens (including phenoxy) is 1. The third kappa shape index (κ3) is 3.59. The van der Waals surface area contributed by atoms with Gasteiger partial charge in [0.1, 0.15) is 11.9 Å². The number of benzene rings is 2. The maximum absolute atomic E-state index is 13.3. The van der Waals surface area contributed by atoms with Crippen LogP contribution in [0.4, 0.5) is 0 Å². The average molecular weight is 431 g/mol. The first-order valence-corrected chi connectivity index (χ1v) is 11.2. The lowest BCUT2D eigenvalue weighted by atomic mass is 9.91. The van der Waals surface area contributed by atoms with Gasteiger partial charge < -0.3 is 14.3 Å². The van der Waals surface area contributed by atoms with Crippen molar-refractivity contribution < 1.29 is 19.1 Å². The molecule has 1 fully saturated rings. The Bertz CT molecular complexity index is 1080. The smallest absolute Gasteiger partial charge is 0.348 e. The zero-order chi connectivity index (χ0) is 22.2. The van der Waals surface area contributed by atoms with Crippen molar-refractivity contribution in [3.8, 4) is 11.1 Å². The zero-order valence-corrected chi connectivity index (χ0v) is 18.3. The molecule has 0 spiro atoms. The van der Waals surface area contributed by atoms with Crippen molar-refractivity contribution in [2.75, 3.05) is 26.7 Å². The number of aliphatic hydroxyl groups is 1. The van der Waals surface area contributed by atoms with Crippen molar-refractivity contribution in [3.05, 3.63) is 83.9 Å². The van der Waals surface area contributed by atoms with Gasteiger partial charge in [-0.3, -0.25) is 0 Å². The van der Waals surface area contributed by atoms with Crippen molar-refractivity contribution in [2.24, 2.45) is 0 Å². The van der Waals surface area contributed by atoms with Crippen molar-refractivity contribution in [1.82, 2.24) is 9.97 Å². The average Bonchev–Trinajstić information content (AvgIpc) is 3.10. The molecular weight excluding hydrogens is 402 g/mol. The SMILES string of the molecule is C[N+]1(CCc2ncccn2)CCC(OC(=O)C2(O)c3ccccc3-c3ccccc32)CC1. The summed E-state index contributed by atoms with van der Waals surface area (Å²) in [7, 11) is 2.23. The number of aromatic nitrogens is 2. The summed E-state index contributed by atoms with van der Waals surface area (Å²) >= 11 is 0. The van der Waals surface area contributed by atoms with Gasteiger partial charge in [0.25, 0.3) is 0 Å². The monoisotopic (exact) mass is 430 g/mol. The molecule has 3 aromatic rings. The van der Waals surface area contributed by atoms with Crippen LogP contribution in [0.3, 0.4) is 0 Å². The van der Waals surface area contributed by atoms with Crippen LogP contribution in [0.15, 0.2) is 67.0 Å². The number of hydrogen-bond acceptors (Lipinski definition) is 5. The molecule has 1 saturated heterocycles. The van der Waals surface area contributed by atoms with E-state index >= 15 is 0 Å². The maximum atomic E-state index is 13.3. The zero-order valence-electron chi connectivity index (χ0n) is 18.3. The minimum Gasteiger partial charge on any atom is -0.459 e. The first-order valence-electron chi connectivity index (χ1n) is 11.2. The molecule has 0 amide bonds. The van der Waals surface area contributed by atoms with E-state index in [4.69, 9.17) is 4.74 Å². The van der Waals surface area contributed by atoms with Gasteiger partial charge in [-0.2, -0.15) is 0 Å². The fourth-order valence-electron chi connectivity index (χ4n) is 5.01. The number of quaternary nitrogens is 1. The molecule has 2 aromatic carbocycles. The van der Waals surface area contributed by atoms with E-state index in [-0.39, 0.29) is 6.10 Å². The van der Waals surface area contributed by atoms with Gasteiger partial charge in [-0.25, -0.2) is 14.8 Å².